The van der Waals surface area contributed by atoms with Crippen molar-refractivity contribution in [3.8, 4) is 11.5 Å². The highest BCUT2D eigenvalue weighted by molar-refractivity contribution is 5.95. The summed E-state index contributed by atoms with van der Waals surface area (Å²) in [6.07, 6.45) is 0. The van der Waals surface area contributed by atoms with Gasteiger partial charge in [-0.1, -0.05) is 12.1 Å². The summed E-state index contributed by atoms with van der Waals surface area (Å²) in [5.74, 6) is 0.348. The summed E-state index contributed by atoms with van der Waals surface area (Å²) in [5.41, 5.74) is 0.514. The maximum Gasteiger partial charge on any atom is 0.208 e. The highest BCUT2D eigenvalue weighted by Crippen LogP contribution is 2.29. The van der Waals surface area contributed by atoms with Crippen molar-refractivity contribution in [2.75, 3.05) is 7.11 Å². The molecule has 1 heterocycles. The van der Waals surface area contributed by atoms with Crippen LogP contribution in [-0.2, 0) is 0 Å². The molecule has 3 aromatic rings. The van der Waals surface area contributed by atoms with Gasteiger partial charge in [0.05, 0.1) is 7.11 Å². The number of fused-ring (bicyclic) bond motifs is 2. The van der Waals surface area contributed by atoms with Crippen LogP contribution in [0.5, 0.6) is 11.5 Å². The minimum atomic E-state index is -0.290. The summed E-state index contributed by atoms with van der Waals surface area (Å²) >= 11 is 0. The van der Waals surface area contributed by atoms with Gasteiger partial charge in [0.1, 0.15) is 33.4 Å². The van der Waals surface area contributed by atoms with Gasteiger partial charge in [-0.3, -0.25) is 4.79 Å². The molecule has 0 amide bonds. The van der Waals surface area contributed by atoms with Crippen molar-refractivity contribution in [1.82, 2.24) is 0 Å². The third-order valence-corrected chi connectivity index (χ3v) is 2.89. The van der Waals surface area contributed by atoms with Crippen LogP contribution < -0.4 is 10.2 Å². The fraction of sp³-hybridized carbons (Fsp3) is 0.0714. The lowest BCUT2D eigenvalue weighted by atomic mass is 10.1. The van der Waals surface area contributed by atoms with E-state index in [0.29, 0.717) is 22.3 Å². The van der Waals surface area contributed by atoms with Crippen LogP contribution in [0.15, 0.2) is 45.6 Å². The molecule has 0 radical (unpaired) electrons. The van der Waals surface area contributed by atoms with E-state index in [1.165, 1.54) is 13.2 Å². The number of phenolic OH excluding ortho intramolecular Hbond substituents is 1. The van der Waals surface area contributed by atoms with Crippen LogP contribution in [0.3, 0.4) is 0 Å². The van der Waals surface area contributed by atoms with Crippen molar-refractivity contribution in [2.45, 2.75) is 0 Å². The first-order valence-electron chi connectivity index (χ1n) is 5.44. The van der Waals surface area contributed by atoms with E-state index in [1.54, 1.807) is 30.3 Å². The first-order valence-corrected chi connectivity index (χ1v) is 5.44. The average molecular weight is 242 g/mol. The monoisotopic (exact) mass is 242 g/mol. The van der Waals surface area contributed by atoms with E-state index in [2.05, 4.69) is 0 Å². The van der Waals surface area contributed by atoms with Crippen molar-refractivity contribution in [3.63, 3.8) is 0 Å². The van der Waals surface area contributed by atoms with Crippen molar-refractivity contribution in [3.05, 3.63) is 46.6 Å². The highest BCUT2D eigenvalue weighted by atomic mass is 16.5. The Hall–Kier alpha value is -2.49. The summed E-state index contributed by atoms with van der Waals surface area (Å²) in [6.45, 7) is 0. The van der Waals surface area contributed by atoms with Gasteiger partial charge in [0, 0.05) is 0 Å². The molecule has 4 heteroatoms. The van der Waals surface area contributed by atoms with E-state index in [4.69, 9.17) is 9.15 Å². The first kappa shape index (κ1) is 10.7. The zero-order chi connectivity index (χ0) is 12.7. The van der Waals surface area contributed by atoms with Gasteiger partial charge >= 0.3 is 0 Å². The summed E-state index contributed by atoms with van der Waals surface area (Å²) in [5, 5.41) is 10.3. The number of phenols is 1. The molecule has 0 unspecified atom stereocenters. The Morgan fingerprint density at radius 3 is 2.44 bits per heavy atom. The molecule has 90 valence electrons. The number of hydrogen-bond donors (Lipinski definition) is 1. The largest absolute Gasteiger partial charge is 0.507 e. The fourth-order valence-electron chi connectivity index (χ4n) is 2.07. The van der Waals surface area contributed by atoms with Crippen molar-refractivity contribution in [1.29, 1.82) is 0 Å². The molecule has 3 rings (SSSR count). The number of ether oxygens (including phenoxy) is 1. The first-order chi connectivity index (χ1) is 8.72. The molecule has 0 aliphatic carbocycles. The summed E-state index contributed by atoms with van der Waals surface area (Å²) in [7, 11) is 1.49. The summed E-state index contributed by atoms with van der Waals surface area (Å²) in [6, 6.07) is 9.87. The van der Waals surface area contributed by atoms with Gasteiger partial charge in [0.15, 0.2) is 0 Å². The zero-order valence-corrected chi connectivity index (χ0v) is 9.64. The molecular weight excluding hydrogens is 232 g/mol. The van der Waals surface area contributed by atoms with E-state index in [-0.39, 0.29) is 16.6 Å². The fourth-order valence-corrected chi connectivity index (χ4v) is 2.07. The maximum atomic E-state index is 12.4. The van der Waals surface area contributed by atoms with Gasteiger partial charge in [-0.15, -0.1) is 0 Å². The second-order valence-electron chi connectivity index (χ2n) is 3.91. The number of benzene rings is 2. The molecule has 0 saturated heterocycles. The van der Waals surface area contributed by atoms with Crippen LogP contribution in [0, 0.1) is 0 Å². The molecule has 0 fully saturated rings. The standard InChI is InChI=1S/C14H10O4/c1-17-9-5-3-7-11-13(9)14(16)12-8(15)4-2-6-10(12)18-11/h2-7,15H,1H3. The molecule has 0 bridgehead atoms. The molecule has 1 aromatic heterocycles. The number of hydrogen-bond acceptors (Lipinski definition) is 4. The van der Waals surface area contributed by atoms with Gasteiger partial charge in [0.2, 0.25) is 5.43 Å². The Bertz CT molecular complexity index is 802. The van der Waals surface area contributed by atoms with Crippen LogP contribution in [-0.4, -0.2) is 12.2 Å². The minimum Gasteiger partial charge on any atom is -0.507 e. The van der Waals surface area contributed by atoms with Crippen LogP contribution >= 0.6 is 0 Å². The Balaban J connectivity index is 2.63. The normalized spacial score (nSPS) is 10.9. The smallest absolute Gasteiger partial charge is 0.208 e. The van der Waals surface area contributed by atoms with Gasteiger partial charge in [-0.2, -0.15) is 0 Å². The molecule has 0 aliphatic heterocycles. The quantitative estimate of drug-likeness (QED) is 0.666. The average Bonchev–Trinajstić information content (AvgIpc) is 2.38. The SMILES string of the molecule is COc1cccc2oc3cccc(O)c3c(=O)c12. The molecule has 2 aromatic carbocycles. The van der Waals surface area contributed by atoms with E-state index in [1.807, 2.05) is 0 Å². The molecule has 18 heavy (non-hydrogen) atoms. The molecule has 0 atom stereocenters. The molecular formula is C14H10O4. The minimum absolute atomic E-state index is 0.0888. The molecule has 0 spiro atoms. The van der Waals surface area contributed by atoms with Crippen molar-refractivity contribution in [2.24, 2.45) is 0 Å². The Kier molecular flexibility index (Phi) is 2.23. The highest BCUT2D eigenvalue weighted by Gasteiger charge is 2.14. The van der Waals surface area contributed by atoms with Crippen LogP contribution in [0.1, 0.15) is 0 Å². The van der Waals surface area contributed by atoms with Gasteiger partial charge < -0.3 is 14.3 Å². The number of methoxy groups -OCH3 is 1. The third kappa shape index (κ3) is 1.35. The number of rotatable bonds is 1. The summed E-state index contributed by atoms with van der Waals surface area (Å²) in [4.78, 5) is 12.4. The lowest BCUT2D eigenvalue weighted by Gasteiger charge is -2.06. The second kappa shape index (κ2) is 3.77. The topological polar surface area (TPSA) is 59.7 Å². The van der Waals surface area contributed by atoms with Crippen LogP contribution in [0.25, 0.3) is 21.9 Å². The van der Waals surface area contributed by atoms with Crippen molar-refractivity contribution < 1.29 is 14.3 Å². The summed E-state index contributed by atoms with van der Waals surface area (Å²) < 4.78 is 10.8. The predicted octanol–water partition coefficient (Wildman–Crippen LogP) is 2.66. The molecule has 4 nitrogen and oxygen atoms in total. The van der Waals surface area contributed by atoms with Gasteiger partial charge in [-0.05, 0) is 24.3 Å². The Labute approximate surface area is 102 Å². The number of aromatic hydroxyl groups is 1. The zero-order valence-electron chi connectivity index (χ0n) is 9.64. The maximum absolute atomic E-state index is 12.4. The van der Waals surface area contributed by atoms with E-state index < -0.39 is 0 Å². The third-order valence-electron chi connectivity index (χ3n) is 2.89. The van der Waals surface area contributed by atoms with E-state index in [9.17, 15) is 9.90 Å². The Morgan fingerprint density at radius 1 is 1.06 bits per heavy atom. The van der Waals surface area contributed by atoms with Crippen LogP contribution in [0.2, 0.25) is 0 Å². The Morgan fingerprint density at radius 2 is 1.72 bits per heavy atom. The second-order valence-corrected chi connectivity index (χ2v) is 3.91. The molecule has 0 aliphatic rings. The van der Waals surface area contributed by atoms with Gasteiger partial charge in [0.25, 0.3) is 0 Å². The van der Waals surface area contributed by atoms with Gasteiger partial charge in [-0.25, -0.2) is 0 Å². The van der Waals surface area contributed by atoms with E-state index >= 15 is 0 Å². The molecule has 0 saturated carbocycles. The lowest BCUT2D eigenvalue weighted by molar-refractivity contribution is 0.419. The lowest BCUT2D eigenvalue weighted by Crippen LogP contribution is -2.04. The van der Waals surface area contributed by atoms with E-state index in [0.717, 1.165) is 0 Å². The molecule has 1 N–H and O–H groups in total. The van der Waals surface area contributed by atoms with Crippen molar-refractivity contribution >= 4 is 21.9 Å². The van der Waals surface area contributed by atoms with Crippen LogP contribution in [0.4, 0.5) is 0 Å². The predicted molar refractivity (Wildman–Crippen MR) is 68.2 cm³/mol.